The van der Waals surface area contributed by atoms with Crippen molar-refractivity contribution >= 4 is 22.6 Å². The van der Waals surface area contributed by atoms with E-state index in [0.717, 1.165) is 31.4 Å². The van der Waals surface area contributed by atoms with E-state index in [1.54, 1.807) is 23.2 Å². The third-order valence-corrected chi connectivity index (χ3v) is 4.90. The van der Waals surface area contributed by atoms with Gasteiger partial charge in [-0.3, -0.25) is 19.3 Å². The molecule has 0 aliphatic carbocycles. The average Bonchev–Trinajstić information content (AvgIpc) is 2.69. The third-order valence-electron chi connectivity index (χ3n) is 4.90. The molecule has 0 atom stereocenters. The monoisotopic (exact) mass is 370 g/mol. The number of benzene rings is 1. The van der Waals surface area contributed by atoms with Gasteiger partial charge in [-0.2, -0.15) is 0 Å². The molecule has 2 amide bonds. The second-order valence-corrected chi connectivity index (χ2v) is 6.84. The number of rotatable bonds is 6. The van der Waals surface area contributed by atoms with E-state index in [-0.39, 0.29) is 30.5 Å². The summed E-state index contributed by atoms with van der Waals surface area (Å²) in [6.07, 6.45) is 2.72. The molecule has 0 radical (unpaired) electrons. The molecule has 2 heterocycles. The Morgan fingerprint density at radius 3 is 2.56 bits per heavy atom. The number of carbonyl (C=O) groups is 2. The van der Waals surface area contributed by atoms with Crippen LogP contribution in [0.25, 0.3) is 10.8 Å². The second kappa shape index (κ2) is 8.81. The first-order valence-electron chi connectivity index (χ1n) is 9.43. The Balaban J connectivity index is 1.51. The number of nitrogens with one attached hydrogen (secondary N) is 1. The molecule has 144 valence electrons. The predicted molar refractivity (Wildman–Crippen MR) is 105 cm³/mol. The summed E-state index contributed by atoms with van der Waals surface area (Å²) >= 11 is 0. The largest absolute Gasteiger partial charge is 0.345 e. The lowest BCUT2D eigenvalue weighted by Gasteiger charge is -2.34. The maximum Gasteiger partial charge on any atom is 0.258 e. The topological polar surface area (TPSA) is 74.7 Å². The van der Waals surface area contributed by atoms with Crippen LogP contribution in [-0.4, -0.2) is 65.4 Å². The number of nitrogens with zero attached hydrogens (tertiary/aromatic N) is 3. The lowest BCUT2D eigenvalue weighted by molar-refractivity contribution is -0.134. The fraction of sp³-hybridized carbons (Fsp3) is 0.450. The number of aromatic nitrogens is 1. The molecule has 1 fully saturated rings. The Kier molecular flexibility index (Phi) is 6.24. The SMILES string of the molecule is CCCN1CCN(C(=O)CNC(=O)Cn2ccc3ccccc3c2=O)CC1. The molecule has 1 N–H and O–H groups in total. The molecule has 3 rings (SSSR count). The minimum atomic E-state index is -0.342. The van der Waals surface area contributed by atoms with E-state index in [1.807, 2.05) is 18.2 Å². The zero-order chi connectivity index (χ0) is 19.2. The molecule has 2 aromatic rings. The van der Waals surface area contributed by atoms with Crippen molar-refractivity contribution in [1.29, 1.82) is 0 Å². The standard InChI is InChI=1S/C20H26N4O3/c1-2-8-22-10-12-23(13-11-22)19(26)14-21-18(25)15-24-9-7-16-5-3-4-6-17(16)20(24)27/h3-7,9H,2,8,10-15H2,1H3,(H,21,25). The number of hydrogen-bond acceptors (Lipinski definition) is 4. The molecule has 0 bridgehead atoms. The highest BCUT2D eigenvalue weighted by molar-refractivity contribution is 5.85. The van der Waals surface area contributed by atoms with Crippen molar-refractivity contribution in [2.45, 2.75) is 19.9 Å². The van der Waals surface area contributed by atoms with Gasteiger partial charge in [0.15, 0.2) is 0 Å². The molecule has 1 aliphatic heterocycles. The molecule has 1 aliphatic rings. The van der Waals surface area contributed by atoms with Gasteiger partial charge in [-0.25, -0.2) is 0 Å². The van der Waals surface area contributed by atoms with Gasteiger partial charge in [0.2, 0.25) is 11.8 Å². The van der Waals surface area contributed by atoms with Crippen LogP contribution in [0.15, 0.2) is 41.3 Å². The molecule has 0 saturated carbocycles. The second-order valence-electron chi connectivity index (χ2n) is 6.84. The van der Waals surface area contributed by atoms with Crippen LogP contribution in [0.1, 0.15) is 13.3 Å². The Bertz CT molecular complexity index is 869. The van der Waals surface area contributed by atoms with E-state index in [4.69, 9.17) is 0 Å². The van der Waals surface area contributed by atoms with Crippen molar-refractivity contribution in [3.8, 4) is 0 Å². The Hall–Kier alpha value is -2.67. The molecular formula is C20H26N4O3. The van der Waals surface area contributed by atoms with E-state index in [2.05, 4.69) is 17.1 Å². The van der Waals surface area contributed by atoms with Crippen molar-refractivity contribution in [3.63, 3.8) is 0 Å². The van der Waals surface area contributed by atoms with E-state index < -0.39 is 0 Å². The Labute approximate surface area is 158 Å². The highest BCUT2D eigenvalue weighted by atomic mass is 16.2. The quantitative estimate of drug-likeness (QED) is 0.811. The first-order valence-corrected chi connectivity index (χ1v) is 9.43. The summed E-state index contributed by atoms with van der Waals surface area (Å²) in [5.74, 6) is -0.421. The van der Waals surface area contributed by atoms with Crippen molar-refractivity contribution in [3.05, 3.63) is 46.9 Å². The first kappa shape index (κ1) is 19.1. The number of amides is 2. The fourth-order valence-corrected chi connectivity index (χ4v) is 3.39. The normalized spacial score (nSPS) is 15.1. The molecule has 1 aromatic carbocycles. The van der Waals surface area contributed by atoms with Gasteiger partial charge < -0.3 is 14.8 Å². The Morgan fingerprint density at radius 2 is 1.81 bits per heavy atom. The van der Waals surface area contributed by atoms with E-state index in [1.165, 1.54) is 4.57 Å². The van der Waals surface area contributed by atoms with Gasteiger partial charge >= 0.3 is 0 Å². The third kappa shape index (κ3) is 4.74. The van der Waals surface area contributed by atoms with E-state index in [9.17, 15) is 14.4 Å². The smallest absolute Gasteiger partial charge is 0.258 e. The van der Waals surface area contributed by atoms with Crippen LogP contribution >= 0.6 is 0 Å². The fourth-order valence-electron chi connectivity index (χ4n) is 3.39. The van der Waals surface area contributed by atoms with Gasteiger partial charge in [-0.1, -0.05) is 25.1 Å². The molecule has 27 heavy (non-hydrogen) atoms. The van der Waals surface area contributed by atoms with Gasteiger partial charge in [-0.15, -0.1) is 0 Å². The van der Waals surface area contributed by atoms with Crippen LogP contribution in [0.5, 0.6) is 0 Å². The van der Waals surface area contributed by atoms with Gasteiger partial charge in [0.1, 0.15) is 6.54 Å². The van der Waals surface area contributed by atoms with Crippen molar-refractivity contribution in [2.24, 2.45) is 0 Å². The molecule has 0 unspecified atom stereocenters. The van der Waals surface area contributed by atoms with E-state index in [0.29, 0.717) is 18.5 Å². The number of fused-ring (bicyclic) bond motifs is 1. The lowest BCUT2D eigenvalue weighted by Crippen LogP contribution is -2.51. The summed E-state index contributed by atoms with van der Waals surface area (Å²) in [5.41, 5.74) is -0.207. The number of pyridine rings is 1. The lowest BCUT2D eigenvalue weighted by atomic mass is 10.2. The van der Waals surface area contributed by atoms with Crippen molar-refractivity contribution < 1.29 is 9.59 Å². The Morgan fingerprint density at radius 1 is 1.07 bits per heavy atom. The van der Waals surface area contributed by atoms with Gasteiger partial charge in [0.05, 0.1) is 6.54 Å². The predicted octanol–water partition coefficient (Wildman–Crippen LogP) is 0.672. The molecule has 1 aromatic heterocycles. The summed E-state index contributed by atoms with van der Waals surface area (Å²) < 4.78 is 1.37. The summed E-state index contributed by atoms with van der Waals surface area (Å²) in [7, 11) is 0. The first-order chi connectivity index (χ1) is 13.1. The average molecular weight is 370 g/mol. The maximum absolute atomic E-state index is 12.4. The molecular weight excluding hydrogens is 344 g/mol. The van der Waals surface area contributed by atoms with Crippen LogP contribution in [0.2, 0.25) is 0 Å². The van der Waals surface area contributed by atoms with E-state index >= 15 is 0 Å². The molecule has 0 spiro atoms. The van der Waals surface area contributed by atoms with Crippen LogP contribution < -0.4 is 10.9 Å². The van der Waals surface area contributed by atoms with Gasteiger partial charge in [-0.05, 0) is 30.5 Å². The molecule has 7 nitrogen and oxygen atoms in total. The number of carbonyl (C=O) groups excluding carboxylic acids is 2. The minimum Gasteiger partial charge on any atom is -0.345 e. The highest BCUT2D eigenvalue weighted by Crippen LogP contribution is 2.08. The molecule has 7 heteroatoms. The van der Waals surface area contributed by atoms with Gasteiger partial charge in [0, 0.05) is 37.8 Å². The van der Waals surface area contributed by atoms with Crippen LogP contribution in [0.4, 0.5) is 0 Å². The highest BCUT2D eigenvalue weighted by Gasteiger charge is 2.20. The van der Waals surface area contributed by atoms with Crippen LogP contribution in [0, 0.1) is 0 Å². The summed E-state index contributed by atoms with van der Waals surface area (Å²) in [6, 6.07) is 9.08. The zero-order valence-electron chi connectivity index (χ0n) is 15.7. The zero-order valence-corrected chi connectivity index (χ0v) is 15.7. The maximum atomic E-state index is 12.4. The van der Waals surface area contributed by atoms with Gasteiger partial charge in [0.25, 0.3) is 5.56 Å². The summed E-state index contributed by atoms with van der Waals surface area (Å²) in [4.78, 5) is 41.0. The van der Waals surface area contributed by atoms with Crippen molar-refractivity contribution in [2.75, 3.05) is 39.3 Å². The van der Waals surface area contributed by atoms with Crippen LogP contribution in [0.3, 0.4) is 0 Å². The number of piperazine rings is 1. The minimum absolute atomic E-state index is 0.0328. The summed E-state index contributed by atoms with van der Waals surface area (Å²) in [6.45, 7) is 6.21. The summed E-state index contributed by atoms with van der Waals surface area (Å²) in [5, 5.41) is 4.06. The van der Waals surface area contributed by atoms with Crippen molar-refractivity contribution in [1.82, 2.24) is 19.7 Å². The number of hydrogen-bond donors (Lipinski definition) is 1. The van der Waals surface area contributed by atoms with Crippen LogP contribution in [-0.2, 0) is 16.1 Å². The molecule has 1 saturated heterocycles.